The summed E-state index contributed by atoms with van der Waals surface area (Å²) in [4.78, 5) is 4.37. The van der Waals surface area contributed by atoms with Crippen LogP contribution in [-0.2, 0) is 0 Å². The van der Waals surface area contributed by atoms with Gasteiger partial charge in [0, 0.05) is 17.5 Å². The minimum atomic E-state index is 0.253. The lowest BCUT2D eigenvalue weighted by Gasteiger charge is -2.13. The lowest BCUT2D eigenvalue weighted by atomic mass is 10.3. The Balaban J connectivity index is 2.00. The monoisotopic (exact) mass is 250 g/mol. The fraction of sp³-hybridized carbons (Fsp3) is 0.462. The third kappa shape index (κ3) is 3.66. The van der Waals surface area contributed by atoms with E-state index in [-0.39, 0.29) is 6.10 Å². The van der Waals surface area contributed by atoms with E-state index in [9.17, 15) is 0 Å². The van der Waals surface area contributed by atoms with Crippen LogP contribution in [0.15, 0.2) is 29.3 Å². The van der Waals surface area contributed by atoms with Crippen molar-refractivity contribution >= 4 is 22.6 Å². The molecule has 1 aliphatic heterocycles. The molecule has 92 valence electrons. The first-order chi connectivity index (χ1) is 8.28. The maximum absolute atomic E-state index is 5.78. The van der Waals surface area contributed by atoms with E-state index in [2.05, 4.69) is 24.2 Å². The quantitative estimate of drug-likeness (QED) is 0.889. The van der Waals surface area contributed by atoms with Crippen LogP contribution >= 0.6 is 11.8 Å². The highest BCUT2D eigenvalue weighted by molar-refractivity contribution is 8.14. The van der Waals surface area contributed by atoms with Crippen molar-refractivity contribution in [1.82, 2.24) is 0 Å². The van der Waals surface area contributed by atoms with Gasteiger partial charge in [0.05, 0.1) is 12.6 Å². The summed E-state index contributed by atoms with van der Waals surface area (Å²) in [6.07, 6.45) is 1.27. The maximum atomic E-state index is 5.78. The molecule has 0 bridgehead atoms. The zero-order valence-electron chi connectivity index (χ0n) is 10.3. The molecule has 0 saturated heterocycles. The van der Waals surface area contributed by atoms with Crippen molar-refractivity contribution in [2.75, 3.05) is 17.6 Å². The Morgan fingerprint density at radius 2 is 2.41 bits per heavy atom. The first kappa shape index (κ1) is 12.3. The second-order valence-electron chi connectivity index (χ2n) is 4.02. The van der Waals surface area contributed by atoms with Crippen LogP contribution in [0.5, 0.6) is 5.75 Å². The van der Waals surface area contributed by atoms with Gasteiger partial charge >= 0.3 is 0 Å². The second-order valence-corrected chi connectivity index (χ2v) is 5.11. The normalized spacial score (nSPS) is 16.5. The molecule has 0 fully saturated rings. The lowest BCUT2D eigenvalue weighted by molar-refractivity contribution is 0.217. The number of aliphatic imine (C=N–C) groups is 1. The molecule has 0 amide bonds. The fourth-order valence-electron chi connectivity index (χ4n) is 1.50. The largest absolute Gasteiger partial charge is 0.491 e. The van der Waals surface area contributed by atoms with Crippen molar-refractivity contribution < 1.29 is 4.74 Å². The number of thioether (sulfide) groups is 1. The average Bonchev–Trinajstić information content (AvgIpc) is 2.82. The van der Waals surface area contributed by atoms with Gasteiger partial charge in [-0.05, 0) is 25.5 Å². The lowest BCUT2D eigenvalue weighted by Crippen LogP contribution is -2.10. The maximum Gasteiger partial charge on any atom is 0.161 e. The van der Waals surface area contributed by atoms with Crippen molar-refractivity contribution in [3.63, 3.8) is 0 Å². The minimum absolute atomic E-state index is 0.253. The first-order valence-electron chi connectivity index (χ1n) is 5.99. The van der Waals surface area contributed by atoms with E-state index in [0.717, 1.165) is 35.3 Å². The SMILES string of the molecule is CCC(C)Oc1cccc(NC2=NCCS2)c1. The topological polar surface area (TPSA) is 33.6 Å². The highest BCUT2D eigenvalue weighted by Gasteiger charge is 2.07. The summed E-state index contributed by atoms with van der Waals surface area (Å²) in [6, 6.07) is 8.04. The standard InChI is InChI=1S/C13H18N2OS/c1-3-10(2)16-12-6-4-5-11(9-12)15-13-14-7-8-17-13/h4-6,9-10H,3,7-8H2,1-2H3,(H,14,15). The highest BCUT2D eigenvalue weighted by Crippen LogP contribution is 2.21. The summed E-state index contributed by atoms with van der Waals surface area (Å²) in [5.41, 5.74) is 1.04. The summed E-state index contributed by atoms with van der Waals surface area (Å²) in [7, 11) is 0. The van der Waals surface area contributed by atoms with Gasteiger partial charge in [-0.15, -0.1) is 0 Å². The molecule has 2 rings (SSSR count). The number of benzene rings is 1. The fourth-order valence-corrected chi connectivity index (χ4v) is 2.25. The van der Waals surface area contributed by atoms with E-state index < -0.39 is 0 Å². The van der Waals surface area contributed by atoms with Crippen LogP contribution in [0, 0.1) is 0 Å². The van der Waals surface area contributed by atoms with Gasteiger partial charge in [0.1, 0.15) is 5.75 Å². The summed E-state index contributed by atoms with van der Waals surface area (Å²) in [5.74, 6) is 1.98. The zero-order valence-corrected chi connectivity index (χ0v) is 11.1. The van der Waals surface area contributed by atoms with E-state index in [1.165, 1.54) is 0 Å². The van der Waals surface area contributed by atoms with E-state index in [1.807, 2.05) is 24.3 Å². The molecule has 1 unspecified atom stereocenters. The Hall–Kier alpha value is -1.16. The van der Waals surface area contributed by atoms with E-state index in [1.54, 1.807) is 11.8 Å². The van der Waals surface area contributed by atoms with E-state index >= 15 is 0 Å². The van der Waals surface area contributed by atoms with Crippen LogP contribution < -0.4 is 10.1 Å². The number of anilines is 1. The molecule has 1 aromatic carbocycles. The molecule has 0 aliphatic carbocycles. The van der Waals surface area contributed by atoms with Crippen LogP contribution in [0.4, 0.5) is 5.69 Å². The van der Waals surface area contributed by atoms with Crippen LogP contribution in [0.3, 0.4) is 0 Å². The van der Waals surface area contributed by atoms with Gasteiger partial charge in [-0.2, -0.15) is 0 Å². The van der Waals surface area contributed by atoms with Gasteiger partial charge in [0.15, 0.2) is 5.17 Å². The predicted octanol–water partition coefficient (Wildman–Crippen LogP) is 3.38. The third-order valence-corrected chi connectivity index (χ3v) is 3.47. The van der Waals surface area contributed by atoms with Gasteiger partial charge < -0.3 is 10.1 Å². The Morgan fingerprint density at radius 3 is 3.12 bits per heavy atom. The Morgan fingerprint density at radius 1 is 1.53 bits per heavy atom. The van der Waals surface area contributed by atoms with E-state index in [0.29, 0.717) is 0 Å². The molecule has 0 aromatic heterocycles. The first-order valence-corrected chi connectivity index (χ1v) is 6.97. The highest BCUT2D eigenvalue weighted by atomic mass is 32.2. The molecule has 1 aromatic rings. The van der Waals surface area contributed by atoms with Crippen molar-refractivity contribution in [2.45, 2.75) is 26.4 Å². The number of hydrogen-bond donors (Lipinski definition) is 1. The molecule has 3 nitrogen and oxygen atoms in total. The number of nitrogens with one attached hydrogen (secondary N) is 1. The van der Waals surface area contributed by atoms with Crippen molar-refractivity contribution in [1.29, 1.82) is 0 Å². The van der Waals surface area contributed by atoms with E-state index in [4.69, 9.17) is 4.74 Å². The molecular weight excluding hydrogens is 232 g/mol. The molecule has 1 atom stereocenters. The van der Waals surface area contributed by atoms with Crippen LogP contribution in [0.25, 0.3) is 0 Å². The Bertz CT molecular complexity index is 406. The molecule has 1 aliphatic rings. The predicted molar refractivity (Wildman–Crippen MR) is 75.2 cm³/mol. The number of rotatable bonds is 4. The summed E-state index contributed by atoms with van der Waals surface area (Å²) in [5, 5.41) is 4.31. The summed E-state index contributed by atoms with van der Waals surface area (Å²) >= 11 is 1.76. The molecule has 4 heteroatoms. The van der Waals surface area contributed by atoms with Gasteiger partial charge in [0.2, 0.25) is 0 Å². The van der Waals surface area contributed by atoms with Crippen LogP contribution in [0.1, 0.15) is 20.3 Å². The Kier molecular flexibility index (Phi) is 4.31. The molecular formula is C13H18N2OS. The van der Waals surface area contributed by atoms with Gasteiger partial charge in [-0.25, -0.2) is 0 Å². The average molecular weight is 250 g/mol. The van der Waals surface area contributed by atoms with Crippen molar-refractivity contribution in [3.8, 4) is 5.75 Å². The number of nitrogens with zero attached hydrogens (tertiary/aromatic N) is 1. The van der Waals surface area contributed by atoms with Gasteiger partial charge in [-0.1, -0.05) is 24.8 Å². The number of hydrogen-bond acceptors (Lipinski definition) is 4. The van der Waals surface area contributed by atoms with Crippen molar-refractivity contribution in [3.05, 3.63) is 24.3 Å². The molecule has 17 heavy (non-hydrogen) atoms. The van der Waals surface area contributed by atoms with Gasteiger partial charge in [-0.3, -0.25) is 4.99 Å². The molecule has 0 saturated carbocycles. The Labute approximate surface area is 107 Å². The minimum Gasteiger partial charge on any atom is -0.491 e. The van der Waals surface area contributed by atoms with Crippen LogP contribution in [0.2, 0.25) is 0 Å². The molecule has 1 N–H and O–H groups in total. The summed E-state index contributed by atoms with van der Waals surface area (Å²) < 4.78 is 5.78. The zero-order chi connectivity index (χ0) is 12.1. The molecule has 0 radical (unpaired) electrons. The van der Waals surface area contributed by atoms with Crippen LogP contribution in [-0.4, -0.2) is 23.6 Å². The number of ether oxygens (including phenoxy) is 1. The van der Waals surface area contributed by atoms with Crippen molar-refractivity contribution in [2.24, 2.45) is 4.99 Å². The third-order valence-electron chi connectivity index (χ3n) is 2.58. The number of amidine groups is 1. The second kappa shape index (κ2) is 5.96. The smallest absolute Gasteiger partial charge is 0.161 e. The molecule has 1 heterocycles. The molecule has 0 spiro atoms. The van der Waals surface area contributed by atoms with Gasteiger partial charge in [0.25, 0.3) is 0 Å². The summed E-state index contributed by atoms with van der Waals surface area (Å²) in [6.45, 7) is 5.11.